The van der Waals surface area contributed by atoms with Crippen molar-refractivity contribution in [2.24, 2.45) is 0 Å². The van der Waals surface area contributed by atoms with E-state index in [9.17, 15) is 0 Å². The zero-order valence-corrected chi connectivity index (χ0v) is 20.5. The number of fused-ring (bicyclic) bond motifs is 6. The van der Waals surface area contributed by atoms with Crippen LogP contribution in [0, 0.1) is 0 Å². The van der Waals surface area contributed by atoms with Gasteiger partial charge in [-0.25, -0.2) is 0 Å². The van der Waals surface area contributed by atoms with Gasteiger partial charge in [0, 0.05) is 27.1 Å². The van der Waals surface area contributed by atoms with E-state index in [-0.39, 0.29) is 10.8 Å². The zero-order valence-electron chi connectivity index (χ0n) is 20.5. The highest BCUT2D eigenvalue weighted by atomic mass is 16.3. The molecule has 2 nitrogen and oxygen atoms in total. The van der Waals surface area contributed by atoms with Crippen LogP contribution in [0.2, 0.25) is 0 Å². The summed E-state index contributed by atoms with van der Waals surface area (Å²) in [5.41, 5.74) is 7.66. The second-order valence-electron chi connectivity index (χ2n) is 11.2. The molecule has 0 N–H and O–H groups in total. The van der Waals surface area contributed by atoms with Crippen LogP contribution < -0.4 is 0 Å². The minimum Gasteiger partial charge on any atom is -0.456 e. The molecule has 6 aromatic rings. The molecule has 0 radical (unpaired) electrons. The second-order valence-corrected chi connectivity index (χ2v) is 11.2. The fourth-order valence-electron chi connectivity index (χ4n) is 5.30. The lowest BCUT2D eigenvalue weighted by Gasteiger charge is -2.25. The van der Waals surface area contributed by atoms with Crippen LogP contribution in [0.4, 0.5) is 0 Å². The summed E-state index contributed by atoms with van der Waals surface area (Å²) < 4.78 is 12.6. The third kappa shape index (κ3) is 3.32. The van der Waals surface area contributed by atoms with Gasteiger partial charge >= 0.3 is 0 Å². The van der Waals surface area contributed by atoms with Crippen molar-refractivity contribution < 1.29 is 8.83 Å². The maximum Gasteiger partial charge on any atom is 0.139 e. The molecule has 0 aliphatic heterocycles. The number of benzene rings is 4. The molecule has 0 unspecified atom stereocenters. The van der Waals surface area contributed by atoms with E-state index in [4.69, 9.17) is 8.83 Å². The Balaban J connectivity index is 1.39. The van der Waals surface area contributed by atoms with E-state index >= 15 is 0 Å². The van der Waals surface area contributed by atoms with Crippen molar-refractivity contribution in [2.45, 2.75) is 51.9 Å². The van der Waals surface area contributed by atoms with E-state index in [1.54, 1.807) is 0 Å². The molecule has 0 fully saturated rings. The summed E-state index contributed by atoms with van der Waals surface area (Å²) in [6.07, 6.45) is 0.915. The van der Waals surface area contributed by atoms with E-state index in [0.29, 0.717) is 0 Å². The van der Waals surface area contributed by atoms with E-state index in [0.717, 1.165) is 28.8 Å². The molecule has 2 heterocycles. The molecule has 0 saturated carbocycles. The first-order chi connectivity index (χ1) is 16.2. The summed E-state index contributed by atoms with van der Waals surface area (Å²) in [5.74, 6) is 0. The Morgan fingerprint density at radius 2 is 1.26 bits per heavy atom. The Bertz CT molecular complexity index is 1690. The van der Waals surface area contributed by atoms with Gasteiger partial charge in [0.15, 0.2) is 0 Å². The van der Waals surface area contributed by atoms with Crippen molar-refractivity contribution >= 4 is 43.9 Å². The maximum absolute atomic E-state index is 6.45. The van der Waals surface area contributed by atoms with Crippen LogP contribution in [-0.4, -0.2) is 0 Å². The summed E-state index contributed by atoms with van der Waals surface area (Å²) in [4.78, 5) is 0. The van der Waals surface area contributed by atoms with Crippen LogP contribution in [-0.2, 0) is 17.3 Å². The minimum absolute atomic E-state index is 0.0352. The summed E-state index contributed by atoms with van der Waals surface area (Å²) >= 11 is 0. The number of hydrogen-bond donors (Lipinski definition) is 0. The zero-order chi connectivity index (χ0) is 23.7. The predicted octanol–water partition coefficient (Wildman–Crippen LogP) is 9.30. The lowest BCUT2D eigenvalue weighted by molar-refractivity contribution is 0.521. The highest BCUT2D eigenvalue weighted by Gasteiger charge is 2.24. The van der Waals surface area contributed by atoms with Gasteiger partial charge in [-0.15, -0.1) is 0 Å². The molecular weight excluding hydrogens is 416 g/mol. The first-order valence-corrected chi connectivity index (χ1v) is 12.1. The average molecular weight is 447 g/mol. The summed E-state index contributed by atoms with van der Waals surface area (Å²) in [7, 11) is 0. The van der Waals surface area contributed by atoms with Gasteiger partial charge in [0.25, 0.3) is 0 Å². The van der Waals surface area contributed by atoms with E-state index in [2.05, 4.69) is 101 Å². The molecule has 0 aliphatic carbocycles. The quantitative estimate of drug-likeness (QED) is 0.271. The first-order valence-electron chi connectivity index (χ1n) is 12.1. The fourth-order valence-corrected chi connectivity index (χ4v) is 5.30. The molecule has 34 heavy (non-hydrogen) atoms. The smallest absolute Gasteiger partial charge is 0.139 e. The van der Waals surface area contributed by atoms with Crippen molar-refractivity contribution in [3.05, 3.63) is 95.6 Å². The summed E-state index contributed by atoms with van der Waals surface area (Å²) in [6.45, 7) is 11.3. The van der Waals surface area contributed by atoms with Gasteiger partial charge in [0.05, 0.1) is 0 Å². The van der Waals surface area contributed by atoms with Crippen LogP contribution in [0.25, 0.3) is 43.9 Å². The Labute approximate surface area is 200 Å². The van der Waals surface area contributed by atoms with E-state index < -0.39 is 0 Å². The van der Waals surface area contributed by atoms with Crippen LogP contribution in [0.15, 0.2) is 87.7 Å². The third-order valence-corrected chi connectivity index (χ3v) is 7.18. The van der Waals surface area contributed by atoms with Crippen LogP contribution in [0.5, 0.6) is 0 Å². The Morgan fingerprint density at radius 3 is 2.09 bits per heavy atom. The lowest BCUT2D eigenvalue weighted by atomic mass is 9.79. The third-order valence-electron chi connectivity index (χ3n) is 7.18. The molecule has 4 aromatic carbocycles. The Hall–Kier alpha value is -3.52. The summed E-state index contributed by atoms with van der Waals surface area (Å²) in [6, 6.07) is 28.1. The van der Waals surface area contributed by atoms with Crippen LogP contribution in [0.3, 0.4) is 0 Å². The van der Waals surface area contributed by atoms with E-state index in [1.807, 2.05) is 12.1 Å². The largest absolute Gasteiger partial charge is 0.456 e. The van der Waals surface area contributed by atoms with Crippen molar-refractivity contribution in [1.82, 2.24) is 0 Å². The molecule has 2 heteroatoms. The minimum atomic E-state index is -0.0522. The molecular formula is C32H30O2. The number of rotatable bonds is 3. The fraction of sp³-hybridized carbons (Fsp3) is 0.250. The number of hydrogen-bond acceptors (Lipinski definition) is 2. The molecule has 0 bridgehead atoms. The standard InChI is InChI=1S/C32H30O2/c1-31(2,3)26-11-8-10-25-24-15-13-20(17-28(24)34-30(25)26)19-32(4,5)21-14-16-23-22-9-6-7-12-27(22)33-29(23)18-21/h6-18H,19H2,1-5H3. The molecule has 0 amide bonds. The highest BCUT2D eigenvalue weighted by molar-refractivity contribution is 6.06. The SMILES string of the molecule is CC(C)(C)c1cccc2c1oc1cc(CC(C)(C)c3ccc4c(c3)oc3ccccc34)ccc12. The van der Waals surface area contributed by atoms with Crippen molar-refractivity contribution in [3.8, 4) is 0 Å². The average Bonchev–Trinajstić information content (AvgIpc) is 3.35. The predicted molar refractivity (Wildman–Crippen MR) is 143 cm³/mol. The van der Waals surface area contributed by atoms with Crippen molar-refractivity contribution in [3.63, 3.8) is 0 Å². The van der Waals surface area contributed by atoms with Crippen molar-refractivity contribution in [1.29, 1.82) is 0 Å². The monoisotopic (exact) mass is 446 g/mol. The van der Waals surface area contributed by atoms with Crippen LogP contribution in [0.1, 0.15) is 51.3 Å². The number of para-hydroxylation sites is 2. The number of furan rings is 2. The van der Waals surface area contributed by atoms with Gasteiger partial charge in [0.1, 0.15) is 22.3 Å². The molecule has 0 atom stereocenters. The van der Waals surface area contributed by atoms with Gasteiger partial charge in [-0.2, -0.15) is 0 Å². The molecule has 0 aliphatic rings. The first kappa shape index (κ1) is 21.0. The molecule has 0 saturated heterocycles. The summed E-state index contributed by atoms with van der Waals surface area (Å²) in [5, 5.41) is 4.73. The molecule has 0 spiro atoms. The van der Waals surface area contributed by atoms with Gasteiger partial charge in [0.2, 0.25) is 0 Å². The van der Waals surface area contributed by atoms with Gasteiger partial charge in [-0.05, 0) is 46.6 Å². The normalized spacial score (nSPS) is 13.0. The molecule has 2 aromatic heterocycles. The second kappa shape index (κ2) is 7.24. The van der Waals surface area contributed by atoms with Crippen LogP contribution >= 0.6 is 0 Å². The highest BCUT2D eigenvalue weighted by Crippen LogP contribution is 2.38. The van der Waals surface area contributed by atoms with Gasteiger partial charge in [-0.3, -0.25) is 0 Å². The topological polar surface area (TPSA) is 26.3 Å². The van der Waals surface area contributed by atoms with Crippen molar-refractivity contribution in [2.75, 3.05) is 0 Å². The maximum atomic E-state index is 6.45. The Morgan fingerprint density at radius 1 is 0.588 bits per heavy atom. The lowest BCUT2D eigenvalue weighted by Crippen LogP contribution is -2.20. The van der Waals surface area contributed by atoms with Gasteiger partial charge in [-0.1, -0.05) is 95.3 Å². The molecule has 170 valence electrons. The molecule has 6 rings (SSSR count). The van der Waals surface area contributed by atoms with E-state index in [1.165, 1.54) is 38.2 Å². The van der Waals surface area contributed by atoms with Gasteiger partial charge < -0.3 is 8.83 Å². The Kier molecular flexibility index (Phi) is 4.48.